The monoisotopic (exact) mass is 391 g/mol. The second-order valence-corrected chi connectivity index (χ2v) is 6.61. The van der Waals surface area contributed by atoms with Gasteiger partial charge in [0.15, 0.2) is 5.82 Å². The highest BCUT2D eigenvalue weighted by atomic mass is 32.1. The number of amides is 1. The van der Waals surface area contributed by atoms with Gasteiger partial charge in [0.05, 0.1) is 12.7 Å². The quantitative estimate of drug-likeness (QED) is 0.576. The fourth-order valence-electron chi connectivity index (χ4n) is 2.64. The third kappa shape index (κ3) is 3.43. The third-order valence-corrected chi connectivity index (χ3v) is 4.87. The van der Waals surface area contributed by atoms with E-state index in [-0.39, 0.29) is 23.0 Å². The summed E-state index contributed by atoms with van der Waals surface area (Å²) in [5.74, 6) is -0.233. The van der Waals surface area contributed by atoms with Crippen LogP contribution >= 0.6 is 11.3 Å². The molecule has 0 aliphatic rings. The second kappa shape index (κ2) is 6.54. The number of thiazole rings is 1. The number of hydrogen-bond acceptors (Lipinski definition) is 4. The van der Waals surface area contributed by atoms with Gasteiger partial charge in [-0.25, -0.2) is 9.97 Å². The first-order valence-corrected chi connectivity index (χ1v) is 8.68. The molecule has 27 heavy (non-hydrogen) atoms. The summed E-state index contributed by atoms with van der Waals surface area (Å²) in [5, 5.41) is 3.58. The number of aromatic nitrogens is 4. The van der Waals surface area contributed by atoms with Crippen molar-refractivity contribution in [1.82, 2.24) is 18.9 Å². The number of fused-ring (bicyclic) bond motifs is 1. The van der Waals surface area contributed by atoms with Crippen molar-refractivity contribution in [3.05, 3.63) is 66.0 Å². The Kier molecular flexibility index (Phi) is 4.19. The van der Waals surface area contributed by atoms with E-state index in [1.54, 1.807) is 12.5 Å². The van der Waals surface area contributed by atoms with Crippen molar-refractivity contribution in [2.45, 2.75) is 12.6 Å². The molecule has 0 aliphatic carbocycles. The minimum absolute atomic E-state index is 0.0841. The number of imidazole rings is 2. The van der Waals surface area contributed by atoms with Crippen molar-refractivity contribution in [2.24, 2.45) is 0 Å². The number of halogens is 3. The number of anilines is 1. The molecule has 3 aromatic heterocycles. The van der Waals surface area contributed by atoms with Gasteiger partial charge in [0, 0.05) is 23.5 Å². The number of hydrogen-bond donors (Lipinski definition) is 1. The summed E-state index contributed by atoms with van der Waals surface area (Å²) in [4.78, 5) is 20.4. The summed E-state index contributed by atoms with van der Waals surface area (Å²) in [6.07, 6.45) is 1.81. The van der Waals surface area contributed by atoms with E-state index < -0.39 is 11.9 Å². The van der Waals surface area contributed by atoms with Gasteiger partial charge >= 0.3 is 6.18 Å². The molecule has 0 saturated carbocycles. The molecule has 1 amide bonds. The van der Waals surface area contributed by atoms with Gasteiger partial charge in [-0.2, -0.15) is 13.2 Å². The third-order valence-electron chi connectivity index (χ3n) is 3.92. The van der Waals surface area contributed by atoms with Crippen molar-refractivity contribution < 1.29 is 18.0 Å². The molecule has 0 saturated heterocycles. The molecule has 1 aromatic carbocycles. The molecule has 0 bridgehead atoms. The summed E-state index contributed by atoms with van der Waals surface area (Å²) >= 11 is 0.880. The molecule has 0 atom stereocenters. The molecule has 0 radical (unpaired) electrons. The predicted molar refractivity (Wildman–Crippen MR) is 94.0 cm³/mol. The minimum atomic E-state index is -4.47. The van der Waals surface area contributed by atoms with E-state index in [1.165, 1.54) is 0 Å². The smallest absolute Gasteiger partial charge is 0.308 e. The van der Waals surface area contributed by atoms with Crippen molar-refractivity contribution >= 4 is 27.9 Å². The predicted octanol–water partition coefficient (Wildman–Crippen LogP) is 3.78. The Morgan fingerprint density at radius 3 is 2.63 bits per heavy atom. The van der Waals surface area contributed by atoms with Gasteiger partial charge in [0.25, 0.3) is 0 Å². The van der Waals surface area contributed by atoms with Crippen LogP contribution in [0, 0.1) is 0 Å². The molecule has 10 heteroatoms. The van der Waals surface area contributed by atoms with Gasteiger partial charge in [-0.3, -0.25) is 9.20 Å². The van der Waals surface area contributed by atoms with Crippen LogP contribution in [-0.2, 0) is 17.4 Å². The van der Waals surface area contributed by atoms with E-state index in [1.807, 2.05) is 35.0 Å². The topological polar surface area (TPSA) is 64.2 Å². The normalized spacial score (nSPS) is 11.8. The number of nitrogens with one attached hydrogen (secondary N) is 1. The molecule has 1 N–H and O–H groups in total. The zero-order valence-corrected chi connectivity index (χ0v) is 14.5. The van der Waals surface area contributed by atoms with Gasteiger partial charge in [-0.05, 0) is 17.7 Å². The van der Waals surface area contributed by atoms with Crippen LogP contribution in [0.3, 0.4) is 0 Å². The lowest BCUT2D eigenvalue weighted by molar-refractivity contribution is -0.141. The van der Waals surface area contributed by atoms with Gasteiger partial charge in [-0.1, -0.05) is 12.1 Å². The molecule has 4 aromatic rings. The number of benzene rings is 1. The van der Waals surface area contributed by atoms with Crippen LogP contribution in [0.5, 0.6) is 0 Å². The van der Waals surface area contributed by atoms with Crippen LogP contribution in [0.25, 0.3) is 10.5 Å². The zero-order valence-electron chi connectivity index (χ0n) is 13.6. The average Bonchev–Trinajstić information content (AvgIpc) is 3.33. The van der Waals surface area contributed by atoms with Crippen LogP contribution in [0.1, 0.15) is 11.3 Å². The van der Waals surface area contributed by atoms with Crippen molar-refractivity contribution in [1.29, 1.82) is 0 Å². The van der Waals surface area contributed by atoms with Crippen LogP contribution in [-0.4, -0.2) is 24.8 Å². The van der Waals surface area contributed by atoms with Gasteiger partial charge in [0.2, 0.25) is 5.91 Å². The van der Waals surface area contributed by atoms with Crippen molar-refractivity contribution in [3.63, 3.8) is 0 Å². The fourth-order valence-corrected chi connectivity index (χ4v) is 3.58. The molecular formula is C17H12F3N5OS. The molecule has 0 unspecified atom stereocenters. The van der Waals surface area contributed by atoms with E-state index in [9.17, 15) is 18.0 Å². The molecular weight excluding hydrogens is 379 g/mol. The number of alkyl halides is 3. The Labute approximate surface area is 154 Å². The van der Waals surface area contributed by atoms with E-state index in [2.05, 4.69) is 15.3 Å². The highest BCUT2D eigenvalue weighted by Crippen LogP contribution is 2.34. The Balaban J connectivity index is 1.47. The lowest BCUT2D eigenvalue weighted by Gasteiger charge is -2.05. The summed E-state index contributed by atoms with van der Waals surface area (Å²) in [7, 11) is 0. The van der Waals surface area contributed by atoms with E-state index in [0.29, 0.717) is 0 Å². The Bertz CT molecular complexity index is 1080. The Morgan fingerprint density at radius 2 is 1.96 bits per heavy atom. The molecule has 3 heterocycles. The number of nitrogens with zero attached hydrogens (tertiary/aromatic N) is 4. The molecule has 0 aliphatic heterocycles. The molecule has 4 rings (SSSR count). The number of carbonyl (C=O) groups is 1. The highest BCUT2D eigenvalue weighted by Gasteiger charge is 2.35. The number of rotatable bonds is 4. The minimum Gasteiger partial charge on any atom is -0.308 e. The molecule has 138 valence electrons. The fraction of sp³-hybridized carbons (Fsp3) is 0.118. The number of carbonyl (C=O) groups excluding carboxylic acids is 1. The Morgan fingerprint density at radius 1 is 1.19 bits per heavy atom. The second-order valence-electron chi connectivity index (χ2n) is 5.75. The van der Waals surface area contributed by atoms with Crippen LogP contribution in [0.2, 0.25) is 0 Å². The van der Waals surface area contributed by atoms with Gasteiger partial charge in [0.1, 0.15) is 16.9 Å². The molecule has 0 fully saturated rings. The summed E-state index contributed by atoms with van der Waals surface area (Å²) in [6.45, 7) is 0. The maximum atomic E-state index is 12.9. The van der Waals surface area contributed by atoms with Crippen LogP contribution < -0.4 is 5.32 Å². The Hall–Kier alpha value is -3.14. The summed E-state index contributed by atoms with van der Waals surface area (Å²) in [5.41, 5.74) is 0.866. The van der Waals surface area contributed by atoms with Crippen LogP contribution in [0.15, 0.2) is 54.7 Å². The maximum Gasteiger partial charge on any atom is 0.432 e. The lowest BCUT2D eigenvalue weighted by atomic mass is 10.1. The summed E-state index contributed by atoms with van der Waals surface area (Å²) < 4.78 is 41.5. The lowest BCUT2D eigenvalue weighted by Crippen LogP contribution is -2.14. The first-order valence-electron chi connectivity index (χ1n) is 7.81. The van der Waals surface area contributed by atoms with Crippen LogP contribution in [0.4, 0.5) is 19.0 Å². The zero-order chi connectivity index (χ0) is 19.0. The van der Waals surface area contributed by atoms with Crippen molar-refractivity contribution in [3.8, 4) is 5.69 Å². The van der Waals surface area contributed by atoms with Crippen molar-refractivity contribution in [2.75, 3.05) is 5.32 Å². The highest BCUT2D eigenvalue weighted by molar-refractivity contribution is 7.16. The molecule has 0 spiro atoms. The SMILES string of the molecule is O=C(Cc1ccc(-n2ccnc2)cc1)Nc1ncn2c(C(F)(F)F)csc12. The first kappa shape index (κ1) is 17.3. The first-order chi connectivity index (χ1) is 12.9. The van der Waals surface area contributed by atoms with E-state index >= 15 is 0 Å². The summed E-state index contributed by atoms with van der Waals surface area (Å²) in [6, 6.07) is 7.33. The average molecular weight is 391 g/mol. The van der Waals surface area contributed by atoms with E-state index in [0.717, 1.165) is 38.7 Å². The van der Waals surface area contributed by atoms with Gasteiger partial charge in [-0.15, -0.1) is 11.3 Å². The van der Waals surface area contributed by atoms with E-state index in [4.69, 9.17) is 0 Å². The van der Waals surface area contributed by atoms with Gasteiger partial charge < -0.3 is 9.88 Å². The largest absolute Gasteiger partial charge is 0.432 e. The standard InChI is InChI=1S/C17H12F3N5OS/c18-17(19,20)13-8-27-16-15(22-10-25(13)16)23-14(26)7-11-1-3-12(4-2-11)24-6-5-21-9-24/h1-6,8-10H,7H2,(H,23,26). The maximum absolute atomic E-state index is 12.9. The molecule has 6 nitrogen and oxygen atoms in total.